The molecule has 0 unspecified atom stereocenters. The predicted molar refractivity (Wildman–Crippen MR) is 24.4 cm³/mol. The standard InChI is InChI=1S/C3H9BO/c1-3-5-4-2/h5H,3H2,1-2H3/q+1. The topological polar surface area (TPSA) is 12.8 Å². The van der Waals surface area contributed by atoms with Crippen molar-refractivity contribution in [1.29, 1.82) is 0 Å². The molecule has 2 heteroatoms. The Hall–Kier alpha value is 0.0249. The molecule has 1 N–H and O–H groups in total. The minimum atomic E-state index is 0.913. The highest BCUT2D eigenvalue weighted by molar-refractivity contribution is 6.23. The van der Waals surface area contributed by atoms with E-state index in [1.54, 1.807) is 7.48 Å². The molecule has 0 saturated heterocycles. The molecule has 0 bridgehead atoms. The van der Waals surface area contributed by atoms with Gasteiger partial charge in [0.2, 0.25) is 0 Å². The summed E-state index contributed by atoms with van der Waals surface area (Å²) in [4.78, 5) is 0. The quantitative estimate of drug-likeness (QED) is 0.326. The Kier molecular flexibility index (Phi) is 4.05. The van der Waals surface area contributed by atoms with Gasteiger partial charge in [0, 0.05) is 6.92 Å². The van der Waals surface area contributed by atoms with Crippen molar-refractivity contribution < 1.29 is 4.65 Å². The van der Waals surface area contributed by atoms with Crippen LogP contribution in [0.25, 0.3) is 0 Å². The summed E-state index contributed by atoms with van der Waals surface area (Å²) in [6.45, 7) is 4.85. The molecule has 0 aromatic heterocycles. The number of aliphatic hydroxyl groups is 1. The molecule has 0 fully saturated rings. The van der Waals surface area contributed by atoms with Gasteiger partial charge in [-0.15, -0.1) is 0 Å². The molecule has 0 aliphatic rings. The van der Waals surface area contributed by atoms with E-state index in [0.717, 1.165) is 6.61 Å². The van der Waals surface area contributed by atoms with Crippen LogP contribution in [0.3, 0.4) is 0 Å². The van der Waals surface area contributed by atoms with Crippen molar-refractivity contribution in [1.82, 2.24) is 0 Å². The summed E-state index contributed by atoms with van der Waals surface area (Å²) in [6.07, 6.45) is 0. The lowest BCUT2D eigenvalue weighted by atomic mass is 10.1. The smallest absolute Gasteiger partial charge is 0.541 e. The first-order chi connectivity index (χ1) is 2.41. The highest BCUT2D eigenvalue weighted by Crippen LogP contribution is 1.54. The predicted octanol–water partition coefficient (Wildman–Crippen LogP) is 0.202. The second-order valence-corrected chi connectivity index (χ2v) is 0.757. The zero-order chi connectivity index (χ0) is 4.12. The average molecular weight is 71.9 g/mol. The molecule has 0 rings (SSSR count). The SMILES string of the molecule is C[B][OH+]CC. The monoisotopic (exact) mass is 72.1 g/mol. The van der Waals surface area contributed by atoms with E-state index in [-0.39, 0.29) is 0 Å². The summed E-state index contributed by atoms with van der Waals surface area (Å²) in [7, 11) is 1.81. The third-order valence-corrected chi connectivity index (χ3v) is 0.365. The van der Waals surface area contributed by atoms with Crippen LogP contribution in [0.2, 0.25) is 6.82 Å². The van der Waals surface area contributed by atoms with Crippen LogP contribution in [0.4, 0.5) is 0 Å². The largest absolute Gasteiger partial charge is 0.579 e. The lowest BCUT2D eigenvalue weighted by molar-refractivity contribution is 0.168. The van der Waals surface area contributed by atoms with Gasteiger partial charge in [-0.3, -0.25) is 0 Å². The van der Waals surface area contributed by atoms with E-state index in [1.165, 1.54) is 0 Å². The summed E-state index contributed by atoms with van der Waals surface area (Å²) in [6, 6.07) is 0. The third-order valence-electron chi connectivity index (χ3n) is 0.365. The maximum absolute atomic E-state index is 3.85. The fraction of sp³-hybridized carbons (Fsp3) is 1.00. The van der Waals surface area contributed by atoms with Gasteiger partial charge in [-0.05, 0) is 6.82 Å². The molecule has 0 aromatic rings. The molecule has 0 spiro atoms. The molecule has 5 heavy (non-hydrogen) atoms. The van der Waals surface area contributed by atoms with Gasteiger partial charge in [0.25, 0.3) is 0 Å². The Morgan fingerprint density at radius 3 is 2.40 bits per heavy atom. The van der Waals surface area contributed by atoms with Crippen LogP contribution in [0, 0.1) is 0 Å². The average Bonchev–Trinajstić information content (AvgIpc) is 1.41. The van der Waals surface area contributed by atoms with Crippen molar-refractivity contribution in [3.8, 4) is 0 Å². The van der Waals surface area contributed by atoms with Gasteiger partial charge >= 0.3 is 7.48 Å². The summed E-state index contributed by atoms with van der Waals surface area (Å²) < 4.78 is 3.85. The van der Waals surface area contributed by atoms with Crippen LogP contribution in [0.5, 0.6) is 0 Å². The van der Waals surface area contributed by atoms with E-state index >= 15 is 0 Å². The van der Waals surface area contributed by atoms with E-state index in [1.807, 2.05) is 13.7 Å². The van der Waals surface area contributed by atoms with E-state index in [0.29, 0.717) is 0 Å². The van der Waals surface area contributed by atoms with Crippen LogP contribution >= 0.6 is 0 Å². The van der Waals surface area contributed by atoms with Crippen molar-refractivity contribution in [2.45, 2.75) is 13.7 Å². The molecule has 0 heterocycles. The lowest BCUT2D eigenvalue weighted by Gasteiger charge is -1.81. The fourth-order valence-corrected chi connectivity index (χ4v) is 0.183. The van der Waals surface area contributed by atoms with Gasteiger partial charge in [0.1, 0.15) is 6.61 Å². The summed E-state index contributed by atoms with van der Waals surface area (Å²) in [5, 5.41) is 0. The van der Waals surface area contributed by atoms with Gasteiger partial charge < -0.3 is 4.65 Å². The zero-order valence-electron chi connectivity index (χ0n) is 3.73. The molecule has 0 saturated carbocycles. The van der Waals surface area contributed by atoms with Crippen molar-refractivity contribution in [2.24, 2.45) is 0 Å². The highest BCUT2D eigenvalue weighted by atomic mass is 16.4. The minimum Gasteiger partial charge on any atom is -0.541 e. The minimum absolute atomic E-state index is 0.913. The van der Waals surface area contributed by atoms with Crippen molar-refractivity contribution in [2.75, 3.05) is 6.61 Å². The van der Waals surface area contributed by atoms with Crippen LogP contribution in [-0.4, -0.2) is 18.7 Å². The molecular weight excluding hydrogens is 62.8 g/mol. The zero-order valence-corrected chi connectivity index (χ0v) is 3.73. The first-order valence-corrected chi connectivity index (χ1v) is 1.86. The van der Waals surface area contributed by atoms with Gasteiger partial charge in [-0.2, -0.15) is 0 Å². The first-order valence-electron chi connectivity index (χ1n) is 1.86. The van der Waals surface area contributed by atoms with Crippen LogP contribution in [0.1, 0.15) is 6.92 Å². The molecular formula is C3H9BO+. The second-order valence-electron chi connectivity index (χ2n) is 0.757. The van der Waals surface area contributed by atoms with E-state index in [4.69, 9.17) is 0 Å². The fourth-order valence-electron chi connectivity index (χ4n) is 0.183. The number of rotatable bonds is 2. The molecule has 1 nitrogen and oxygen atoms in total. The Morgan fingerprint density at radius 1 is 1.80 bits per heavy atom. The summed E-state index contributed by atoms with van der Waals surface area (Å²) in [5.41, 5.74) is 0. The Labute approximate surface area is 33.6 Å². The molecule has 1 radical (unpaired) electrons. The van der Waals surface area contributed by atoms with Gasteiger partial charge in [0.15, 0.2) is 0 Å². The lowest BCUT2D eigenvalue weighted by Crippen LogP contribution is -1.96. The highest BCUT2D eigenvalue weighted by Gasteiger charge is 1.81. The molecule has 0 amide bonds. The first kappa shape index (κ1) is 5.02. The maximum atomic E-state index is 3.85. The van der Waals surface area contributed by atoms with Gasteiger partial charge in [-0.25, -0.2) is 0 Å². The molecule has 0 atom stereocenters. The van der Waals surface area contributed by atoms with Crippen molar-refractivity contribution >= 4 is 7.48 Å². The number of hydrogen-bond acceptors (Lipinski definition) is 0. The molecule has 0 aliphatic carbocycles. The van der Waals surface area contributed by atoms with Crippen LogP contribution in [0.15, 0.2) is 0 Å². The van der Waals surface area contributed by atoms with Crippen LogP contribution in [-0.2, 0) is 0 Å². The third kappa shape index (κ3) is 4.02. The van der Waals surface area contributed by atoms with Crippen molar-refractivity contribution in [3.05, 3.63) is 0 Å². The van der Waals surface area contributed by atoms with E-state index < -0.39 is 0 Å². The molecule has 0 aliphatic heterocycles. The van der Waals surface area contributed by atoms with Crippen LogP contribution < -0.4 is 0 Å². The Bertz CT molecular complexity index is 14.4. The van der Waals surface area contributed by atoms with Gasteiger partial charge in [-0.1, -0.05) is 0 Å². The molecule has 0 aromatic carbocycles. The second kappa shape index (κ2) is 4.02. The van der Waals surface area contributed by atoms with E-state index in [9.17, 15) is 0 Å². The number of hydrogen-bond donors (Lipinski definition) is 0. The maximum Gasteiger partial charge on any atom is 0.579 e. The summed E-state index contributed by atoms with van der Waals surface area (Å²) >= 11 is 0. The molecule has 29 valence electrons. The Balaban J connectivity index is 2.19. The Morgan fingerprint density at radius 2 is 2.40 bits per heavy atom. The van der Waals surface area contributed by atoms with Gasteiger partial charge in [0.05, 0.1) is 0 Å². The summed E-state index contributed by atoms with van der Waals surface area (Å²) in [5.74, 6) is 0. The van der Waals surface area contributed by atoms with Crippen molar-refractivity contribution in [3.63, 3.8) is 0 Å². The normalized spacial score (nSPS) is 7.60. The van der Waals surface area contributed by atoms with E-state index in [2.05, 4.69) is 4.65 Å².